The Kier molecular flexibility index (Phi) is 3.06. The summed E-state index contributed by atoms with van der Waals surface area (Å²) < 4.78 is 6.56. The number of ether oxygens (including phenoxy) is 1. The van der Waals surface area contributed by atoms with Crippen LogP contribution in [0.5, 0.6) is 0 Å². The van der Waals surface area contributed by atoms with Crippen molar-refractivity contribution in [1.29, 1.82) is 0 Å². The quantitative estimate of drug-likeness (QED) is 0.763. The second-order valence-corrected chi connectivity index (χ2v) is 7.54. The standard InChI is InChI=1S/C16H27NO/c1-10-6-13(17)9-16(2,3)15(10)18-14-8-11-4-5-12(14)7-11/h4-5,10-15H,6-9,17H2,1-3H3. The van der Waals surface area contributed by atoms with Gasteiger partial charge in [-0.15, -0.1) is 0 Å². The molecule has 3 rings (SSSR count). The predicted molar refractivity (Wildman–Crippen MR) is 74.2 cm³/mol. The summed E-state index contributed by atoms with van der Waals surface area (Å²) in [5.41, 5.74) is 6.39. The fourth-order valence-corrected chi connectivity index (χ4v) is 4.64. The molecule has 2 fully saturated rings. The molecule has 6 atom stereocenters. The largest absolute Gasteiger partial charge is 0.374 e. The van der Waals surface area contributed by atoms with Crippen LogP contribution >= 0.6 is 0 Å². The molecule has 2 N–H and O–H groups in total. The number of fused-ring (bicyclic) bond motifs is 2. The normalized spacial score (nSPS) is 49.8. The highest BCUT2D eigenvalue weighted by molar-refractivity contribution is 5.11. The van der Waals surface area contributed by atoms with E-state index in [0.29, 0.717) is 30.1 Å². The molecule has 0 aromatic carbocycles. The maximum absolute atomic E-state index is 6.56. The highest BCUT2D eigenvalue weighted by Gasteiger charge is 2.45. The molecule has 0 aromatic heterocycles. The summed E-state index contributed by atoms with van der Waals surface area (Å²) in [6.07, 6.45) is 10.4. The van der Waals surface area contributed by atoms with E-state index in [0.717, 1.165) is 18.8 Å². The van der Waals surface area contributed by atoms with Crippen molar-refractivity contribution in [3.8, 4) is 0 Å². The highest BCUT2D eigenvalue weighted by atomic mass is 16.5. The Labute approximate surface area is 111 Å². The van der Waals surface area contributed by atoms with Crippen molar-refractivity contribution in [2.75, 3.05) is 0 Å². The van der Waals surface area contributed by atoms with Gasteiger partial charge in [-0.2, -0.15) is 0 Å². The Bertz CT molecular complexity index is 349. The molecule has 3 aliphatic rings. The Morgan fingerprint density at radius 2 is 1.94 bits per heavy atom. The molecule has 3 aliphatic carbocycles. The van der Waals surface area contributed by atoms with E-state index in [1.165, 1.54) is 12.8 Å². The minimum absolute atomic E-state index is 0.225. The second kappa shape index (κ2) is 4.35. The lowest BCUT2D eigenvalue weighted by atomic mass is 9.68. The Balaban J connectivity index is 1.69. The van der Waals surface area contributed by atoms with Crippen LogP contribution in [0, 0.1) is 23.2 Å². The summed E-state index contributed by atoms with van der Waals surface area (Å²) in [5.74, 6) is 2.07. The van der Waals surface area contributed by atoms with E-state index in [9.17, 15) is 0 Å². The van der Waals surface area contributed by atoms with Gasteiger partial charge in [-0.3, -0.25) is 0 Å². The first kappa shape index (κ1) is 12.7. The molecule has 0 spiro atoms. The third-order valence-electron chi connectivity index (χ3n) is 5.29. The van der Waals surface area contributed by atoms with E-state index in [4.69, 9.17) is 10.5 Å². The van der Waals surface area contributed by atoms with Crippen molar-refractivity contribution in [2.45, 2.75) is 64.7 Å². The lowest BCUT2D eigenvalue weighted by Crippen LogP contribution is -2.49. The first-order valence-electron chi connectivity index (χ1n) is 7.55. The molecule has 2 heteroatoms. The average Bonchev–Trinajstić information content (AvgIpc) is 2.83. The highest BCUT2D eigenvalue weighted by Crippen LogP contribution is 2.46. The molecule has 2 nitrogen and oxygen atoms in total. The summed E-state index contributed by atoms with van der Waals surface area (Å²) in [6.45, 7) is 6.97. The van der Waals surface area contributed by atoms with Crippen LogP contribution in [0.25, 0.3) is 0 Å². The lowest BCUT2D eigenvalue weighted by Gasteiger charge is -2.46. The lowest BCUT2D eigenvalue weighted by molar-refractivity contribution is -0.126. The molecule has 6 unspecified atom stereocenters. The van der Waals surface area contributed by atoms with Crippen LogP contribution in [0.3, 0.4) is 0 Å². The predicted octanol–water partition coefficient (Wildman–Crippen LogP) is 3.12. The molecule has 0 heterocycles. The molecule has 102 valence electrons. The van der Waals surface area contributed by atoms with Crippen molar-refractivity contribution in [3.05, 3.63) is 12.2 Å². The topological polar surface area (TPSA) is 35.2 Å². The molecule has 2 bridgehead atoms. The van der Waals surface area contributed by atoms with Gasteiger partial charge in [0.2, 0.25) is 0 Å². The third-order valence-corrected chi connectivity index (χ3v) is 5.29. The van der Waals surface area contributed by atoms with Crippen LogP contribution in [0.4, 0.5) is 0 Å². The van der Waals surface area contributed by atoms with E-state index >= 15 is 0 Å². The average molecular weight is 249 g/mol. The molecular weight excluding hydrogens is 222 g/mol. The fraction of sp³-hybridized carbons (Fsp3) is 0.875. The zero-order valence-electron chi connectivity index (χ0n) is 11.9. The van der Waals surface area contributed by atoms with Crippen LogP contribution in [-0.4, -0.2) is 18.2 Å². The molecule has 0 aliphatic heterocycles. The molecule has 0 radical (unpaired) electrons. The molecule has 2 saturated carbocycles. The van der Waals surface area contributed by atoms with Crippen molar-refractivity contribution in [1.82, 2.24) is 0 Å². The van der Waals surface area contributed by atoms with Crippen LogP contribution < -0.4 is 5.73 Å². The number of hydrogen-bond donors (Lipinski definition) is 1. The van der Waals surface area contributed by atoms with Gasteiger partial charge in [0, 0.05) is 12.0 Å². The molecule has 18 heavy (non-hydrogen) atoms. The van der Waals surface area contributed by atoms with Crippen LogP contribution in [0.1, 0.15) is 46.5 Å². The summed E-state index contributed by atoms with van der Waals surface area (Å²) in [6, 6.07) is 0.356. The van der Waals surface area contributed by atoms with Crippen LogP contribution in [-0.2, 0) is 4.74 Å². The van der Waals surface area contributed by atoms with Gasteiger partial charge in [-0.25, -0.2) is 0 Å². The second-order valence-electron chi connectivity index (χ2n) is 7.54. The first-order chi connectivity index (χ1) is 8.45. The number of rotatable bonds is 2. The zero-order chi connectivity index (χ0) is 12.9. The maximum Gasteiger partial charge on any atom is 0.0656 e. The Morgan fingerprint density at radius 1 is 1.17 bits per heavy atom. The van der Waals surface area contributed by atoms with Gasteiger partial charge < -0.3 is 10.5 Å². The maximum atomic E-state index is 6.56. The Morgan fingerprint density at radius 3 is 2.50 bits per heavy atom. The van der Waals surface area contributed by atoms with Gasteiger partial charge in [0.25, 0.3) is 0 Å². The van der Waals surface area contributed by atoms with Crippen molar-refractivity contribution in [3.63, 3.8) is 0 Å². The number of nitrogens with two attached hydrogens (primary N) is 1. The van der Waals surface area contributed by atoms with E-state index < -0.39 is 0 Å². The van der Waals surface area contributed by atoms with Crippen LogP contribution in [0.15, 0.2) is 12.2 Å². The monoisotopic (exact) mass is 249 g/mol. The van der Waals surface area contributed by atoms with Gasteiger partial charge in [0.15, 0.2) is 0 Å². The molecule has 0 aromatic rings. The van der Waals surface area contributed by atoms with E-state index in [-0.39, 0.29) is 5.41 Å². The SMILES string of the molecule is CC1CC(N)CC(C)(C)C1OC1CC2C=CC1C2. The van der Waals surface area contributed by atoms with Crippen molar-refractivity contribution >= 4 is 0 Å². The molecule has 0 amide bonds. The minimum Gasteiger partial charge on any atom is -0.374 e. The number of allylic oxidation sites excluding steroid dienone is 1. The zero-order valence-corrected chi connectivity index (χ0v) is 11.9. The van der Waals surface area contributed by atoms with E-state index in [1.807, 2.05) is 0 Å². The van der Waals surface area contributed by atoms with Gasteiger partial charge >= 0.3 is 0 Å². The van der Waals surface area contributed by atoms with E-state index in [2.05, 4.69) is 32.9 Å². The van der Waals surface area contributed by atoms with Crippen LogP contribution in [0.2, 0.25) is 0 Å². The number of hydrogen-bond acceptors (Lipinski definition) is 2. The van der Waals surface area contributed by atoms with Crippen molar-refractivity contribution in [2.24, 2.45) is 28.9 Å². The summed E-state index contributed by atoms with van der Waals surface area (Å²) in [7, 11) is 0. The fourth-order valence-electron chi connectivity index (χ4n) is 4.64. The summed E-state index contributed by atoms with van der Waals surface area (Å²) >= 11 is 0. The summed E-state index contributed by atoms with van der Waals surface area (Å²) in [5, 5.41) is 0. The smallest absolute Gasteiger partial charge is 0.0656 e. The minimum atomic E-state index is 0.225. The summed E-state index contributed by atoms with van der Waals surface area (Å²) in [4.78, 5) is 0. The van der Waals surface area contributed by atoms with E-state index in [1.54, 1.807) is 0 Å². The van der Waals surface area contributed by atoms with Crippen molar-refractivity contribution < 1.29 is 4.74 Å². The molecule has 0 saturated heterocycles. The van der Waals surface area contributed by atoms with Gasteiger partial charge in [-0.1, -0.05) is 32.9 Å². The third kappa shape index (κ3) is 2.14. The van der Waals surface area contributed by atoms with Gasteiger partial charge in [0.05, 0.1) is 12.2 Å². The Hall–Kier alpha value is -0.340. The van der Waals surface area contributed by atoms with Gasteiger partial charge in [-0.05, 0) is 42.9 Å². The molecular formula is C16H27NO. The first-order valence-corrected chi connectivity index (χ1v) is 7.55. The van der Waals surface area contributed by atoms with Gasteiger partial charge in [0.1, 0.15) is 0 Å².